The normalized spacial score (nSPS) is 10.9. The zero-order chi connectivity index (χ0) is 19.2. The van der Waals surface area contributed by atoms with Crippen molar-refractivity contribution in [2.24, 2.45) is 5.10 Å². The van der Waals surface area contributed by atoms with E-state index in [0.29, 0.717) is 11.6 Å². The summed E-state index contributed by atoms with van der Waals surface area (Å²) in [7, 11) is 0. The number of hydrogen-bond donors (Lipinski definition) is 1. The van der Waals surface area contributed by atoms with Gasteiger partial charge in [0.1, 0.15) is 5.56 Å². The molecule has 3 rings (SSSR count). The molecule has 0 unspecified atom stereocenters. The SMILES string of the molecule is Cc1ccc(Cn2cccc(C(=O)N/N=C\c3cccc(Cl)c3)c2=O)cc1. The van der Waals surface area contributed by atoms with Crippen LogP contribution in [-0.2, 0) is 6.54 Å². The third-order valence-corrected chi connectivity index (χ3v) is 4.20. The summed E-state index contributed by atoms with van der Waals surface area (Å²) in [5.74, 6) is -0.559. The van der Waals surface area contributed by atoms with E-state index in [2.05, 4.69) is 10.5 Å². The zero-order valence-corrected chi connectivity index (χ0v) is 15.5. The second kappa shape index (κ2) is 8.47. The number of nitrogens with one attached hydrogen (secondary N) is 1. The molecule has 0 radical (unpaired) electrons. The highest BCUT2D eigenvalue weighted by Crippen LogP contribution is 2.08. The molecule has 0 fully saturated rings. The minimum absolute atomic E-state index is 0.0351. The van der Waals surface area contributed by atoms with E-state index < -0.39 is 5.91 Å². The Labute approximate surface area is 161 Å². The molecule has 1 N–H and O–H groups in total. The maximum Gasteiger partial charge on any atom is 0.276 e. The molecule has 6 heteroatoms. The molecule has 136 valence electrons. The van der Waals surface area contributed by atoms with Crippen molar-refractivity contribution >= 4 is 23.7 Å². The van der Waals surface area contributed by atoms with E-state index in [0.717, 1.165) is 16.7 Å². The molecule has 0 saturated heterocycles. The predicted molar refractivity (Wildman–Crippen MR) is 107 cm³/mol. The number of pyridine rings is 1. The van der Waals surface area contributed by atoms with Gasteiger partial charge in [0.15, 0.2) is 0 Å². The number of rotatable bonds is 5. The van der Waals surface area contributed by atoms with Crippen LogP contribution in [0, 0.1) is 6.92 Å². The zero-order valence-electron chi connectivity index (χ0n) is 14.7. The highest BCUT2D eigenvalue weighted by Gasteiger charge is 2.11. The number of amides is 1. The summed E-state index contributed by atoms with van der Waals surface area (Å²) in [5, 5.41) is 4.47. The minimum Gasteiger partial charge on any atom is -0.310 e. The van der Waals surface area contributed by atoms with Gasteiger partial charge in [-0.05, 0) is 42.3 Å². The van der Waals surface area contributed by atoms with Gasteiger partial charge < -0.3 is 4.57 Å². The molecule has 5 nitrogen and oxygen atoms in total. The van der Waals surface area contributed by atoms with E-state index >= 15 is 0 Å². The van der Waals surface area contributed by atoms with Crippen molar-refractivity contribution in [2.45, 2.75) is 13.5 Å². The van der Waals surface area contributed by atoms with Crippen molar-refractivity contribution < 1.29 is 4.79 Å². The summed E-state index contributed by atoms with van der Waals surface area (Å²) in [6.07, 6.45) is 3.13. The molecule has 0 spiro atoms. The molecule has 0 aliphatic heterocycles. The standard InChI is InChI=1S/C21H18ClN3O2/c1-15-7-9-16(10-8-15)14-25-11-3-6-19(21(25)27)20(26)24-23-13-17-4-2-5-18(22)12-17/h2-13H,14H2,1H3,(H,24,26)/b23-13-. The van der Waals surface area contributed by atoms with Gasteiger partial charge in [0.05, 0.1) is 12.8 Å². The van der Waals surface area contributed by atoms with Crippen LogP contribution in [0.5, 0.6) is 0 Å². The number of aryl methyl sites for hydroxylation is 1. The van der Waals surface area contributed by atoms with Crippen molar-refractivity contribution in [3.8, 4) is 0 Å². The van der Waals surface area contributed by atoms with E-state index in [4.69, 9.17) is 11.6 Å². The van der Waals surface area contributed by atoms with Crippen molar-refractivity contribution in [1.29, 1.82) is 0 Å². The van der Waals surface area contributed by atoms with Crippen LogP contribution in [0.15, 0.2) is 76.8 Å². The van der Waals surface area contributed by atoms with Gasteiger partial charge in [-0.1, -0.05) is 53.6 Å². The van der Waals surface area contributed by atoms with Crippen LogP contribution in [0.1, 0.15) is 27.0 Å². The number of benzene rings is 2. The lowest BCUT2D eigenvalue weighted by molar-refractivity contribution is 0.0953. The Morgan fingerprint density at radius 2 is 1.93 bits per heavy atom. The summed E-state index contributed by atoms with van der Waals surface area (Å²) < 4.78 is 1.50. The first kappa shape index (κ1) is 18.6. The third-order valence-electron chi connectivity index (χ3n) is 3.97. The van der Waals surface area contributed by atoms with E-state index in [-0.39, 0.29) is 11.1 Å². The Hall–Kier alpha value is -3.18. The van der Waals surface area contributed by atoms with Gasteiger partial charge in [0.25, 0.3) is 11.5 Å². The maximum absolute atomic E-state index is 12.6. The third kappa shape index (κ3) is 4.92. The van der Waals surface area contributed by atoms with Crippen LogP contribution in [0.4, 0.5) is 0 Å². The molecule has 2 aromatic carbocycles. The Balaban J connectivity index is 1.73. The Morgan fingerprint density at radius 1 is 1.15 bits per heavy atom. The quantitative estimate of drug-likeness (QED) is 0.543. The molecule has 3 aromatic rings. The number of hydrazone groups is 1. The Bertz CT molecular complexity index is 1040. The van der Waals surface area contributed by atoms with Crippen LogP contribution in [0.25, 0.3) is 0 Å². The average molecular weight is 380 g/mol. The van der Waals surface area contributed by atoms with Gasteiger partial charge >= 0.3 is 0 Å². The highest BCUT2D eigenvalue weighted by atomic mass is 35.5. The molecule has 0 atom stereocenters. The molecule has 27 heavy (non-hydrogen) atoms. The minimum atomic E-state index is -0.559. The summed E-state index contributed by atoms with van der Waals surface area (Å²) in [4.78, 5) is 24.9. The number of hydrogen-bond acceptors (Lipinski definition) is 3. The fourth-order valence-corrected chi connectivity index (χ4v) is 2.74. The molecular formula is C21H18ClN3O2. The topological polar surface area (TPSA) is 63.5 Å². The molecule has 0 saturated carbocycles. The van der Waals surface area contributed by atoms with E-state index in [1.807, 2.05) is 31.2 Å². The number of carbonyl (C=O) groups is 1. The van der Waals surface area contributed by atoms with Crippen molar-refractivity contribution in [3.05, 3.63) is 104 Å². The molecule has 1 heterocycles. The summed E-state index contributed by atoms with van der Waals surface area (Å²) >= 11 is 5.90. The first-order valence-corrected chi connectivity index (χ1v) is 8.75. The highest BCUT2D eigenvalue weighted by molar-refractivity contribution is 6.30. The smallest absolute Gasteiger partial charge is 0.276 e. The fourth-order valence-electron chi connectivity index (χ4n) is 2.54. The summed E-state index contributed by atoms with van der Waals surface area (Å²) in [6, 6.07) is 18.1. The Kier molecular flexibility index (Phi) is 5.84. The number of nitrogens with zero attached hydrogens (tertiary/aromatic N) is 2. The largest absolute Gasteiger partial charge is 0.310 e. The lowest BCUT2D eigenvalue weighted by Crippen LogP contribution is -2.30. The lowest BCUT2D eigenvalue weighted by atomic mass is 10.1. The van der Waals surface area contributed by atoms with Crippen LogP contribution < -0.4 is 11.0 Å². The summed E-state index contributed by atoms with van der Waals surface area (Å²) in [6.45, 7) is 2.40. The van der Waals surface area contributed by atoms with Gasteiger partial charge in [0, 0.05) is 11.2 Å². The second-order valence-electron chi connectivity index (χ2n) is 6.09. The monoisotopic (exact) mass is 379 g/mol. The molecule has 1 aromatic heterocycles. The van der Waals surface area contributed by atoms with Crippen molar-refractivity contribution in [1.82, 2.24) is 9.99 Å². The molecule has 0 bridgehead atoms. The van der Waals surface area contributed by atoms with E-state index in [1.165, 1.54) is 16.8 Å². The van der Waals surface area contributed by atoms with Gasteiger partial charge in [-0.15, -0.1) is 0 Å². The molecular weight excluding hydrogens is 362 g/mol. The van der Waals surface area contributed by atoms with Crippen molar-refractivity contribution in [3.63, 3.8) is 0 Å². The van der Waals surface area contributed by atoms with E-state index in [1.54, 1.807) is 36.5 Å². The second-order valence-corrected chi connectivity index (χ2v) is 6.53. The Morgan fingerprint density at radius 3 is 2.67 bits per heavy atom. The maximum atomic E-state index is 12.6. The first-order valence-electron chi connectivity index (χ1n) is 8.37. The number of carbonyl (C=O) groups excluding carboxylic acids is 1. The van der Waals surface area contributed by atoms with Crippen LogP contribution >= 0.6 is 11.6 Å². The van der Waals surface area contributed by atoms with Gasteiger partial charge in [-0.25, -0.2) is 5.43 Å². The predicted octanol–water partition coefficient (Wildman–Crippen LogP) is 3.62. The molecule has 1 amide bonds. The lowest BCUT2D eigenvalue weighted by Gasteiger charge is -2.08. The van der Waals surface area contributed by atoms with Gasteiger partial charge in [0.2, 0.25) is 0 Å². The summed E-state index contributed by atoms with van der Waals surface area (Å²) in [5.41, 5.74) is 4.93. The number of halogens is 1. The van der Waals surface area contributed by atoms with Crippen LogP contribution in [0.3, 0.4) is 0 Å². The average Bonchev–Trinajstić information content (AvgIpc) is 2.65. The van der Waals surface area contributed by atoms with Gasteiger partial charge in [-0.3, -0.25) is 9.59 Å². The van der Waals surface area contributed by atoms with Crippen LogP contribution in [-0.4, -0.2) is 16.7 Å². The van der Waals surface area contributed by atoms with Crippen molar-refractivity contribution in [2.75, 3.05) is 0 Å². The van der Waals surface area contributed by atoms with Gasteiger partial charge in [-0.2, -0.15) is 5.10 Å². The molecule has 0 aliphatic rings. The first-order chi connectivity index (χ1) is 13.0. The molecule has 0 aliphatic carbocycles. The fraction of sp³-hybridized carbons (Fsp3) is 0.0952. The van der Waals surface area contributed by atoms with Crippen LogP contribution in [0.2, 0.25) is 5.02 Å². The number of aromatic nitrogens is 1. The van der Waals surface area contributed by atoms with E-state index in [9.17, 15) is 9.59 Å².